The molecule has 0 atom stereocenters. The molecule has 6 nitrogen and oxygen atoms in total. The molecule has 1 aliphatic rings. The third kappa shape index (κ3) is 4.64. The number of thiazole rings is 1. The minimum atomic E-state index is -0.210. The molecule has 0 saturated carbocycles. The Morgan fingerprint density at radius 3 is 2.50 bits per heavy atom. The van der Waals surface area contributed by atoms with Crippen molar-refractivity contribution in [3.05, 3.63) is 63.3 Å². The van der Waals surface area contributed by atoms with Gasteiger partial charge in [0.1, 0.15) is 0 Å². The highest BCUT2D eigenvalue weighted by atomic mass is 32.1. The van der Waals surface area contributed by atoms with Crippen molar-refractivity contribution in [1.29, 1.82) is 0 Å². The number of aromatic nitrogens is 1. The quantitative estimate of drug-likeness (QED) is 0.633. The van der Waals surface area contributed by atoms with Crippen LogP contribution in [0.4, 0.5) is 10.8 Å². The van der Waals surface area contributed by atoms with Gasteiger partial charge in [0.2, 0.25) is 0 Å². The van der Waals surface area contributed by atoms with Gasteiger partial charge in [0.05, 0.1) is 10.6 Å². The van der Waals surface area contributed by atoms with Crippen LogP contribution in [0.1, 0.15) is 38.6 Å². The van der Waals surface area contributed by atoms with Crippen LogP contribution in [0, 0.1) is 0 Å². The maximum absolute atomic E-state index is 12.4. The summed E-state index contributed by atoms with van der Waals surface area (Å²) < 4.78 is 0. The molecule has 0 spiro atoms. The molecule has 2 amide bonds. The Morgan fingerprint density at radius 2 is 1.79 bits per heavy atom. The van der Waals surface area contributed by atoms with Crippen molar-refractivity contribution in [3.63, 3.8) is 0 Å². The van der Waals surface area contributed by atoms with Gasteiger partial charge in [0.15, 0.2) is 5.13 Å². The molecule has 1 saturated heterocycles. The molecule has 2 N–H and O–H groups in total. The SMILES string of the molecule is O=C(Nc1nc(CN2CCCC2)cs1)c1ccc(NC(=O)c2cccs2)cc1. The first-order chi connectivity index (χ1) is 13.7. The molecule has 0 aliphatic carbocycles. The second-order valence-electron chi connectivity index (χ2n) is 6.59. The van der Waals surface area contributed by atoms with Crippen molar-refractivity contribution in [2.45, 2.75) is 19.4 Å². The van der Waals surface area contributed by atoms with Crippen LogP contribution >= 0.6 is 22.7 Å². The summed E-state index contributed by atoms with van der Waals surface area (Å²) in [5.41, 5.74) is 2.16. The second-order valence-corrected chi connectivity index (χ2v) is 8.40. The molecule has 3 aromatic rings. The van der Waals surface area contributed by atoms with Crippen LogP contribution in [0.5, 0.6) is 0 Å². The summed E-state index contributed by atoms with van der Waals surface area (Å²) in [4.78, 5) is 32.1. The molecule has 3 heterocycles. The lowest BCUT2D eigenvalue weighted by Gasteiger charge is -2.11. The molecule has 1 aliphatic heterocycles. The minimum Gasteiger partial charge on any atom is -0.321 e. The van der Waals surface area contributed by atoms with Crippen LogP contribution in [0.25, 0.3) is 0 Å². The van der Waals surface area contributed by atoms with Gasteiger partial charge in [-0.05, 0) is 61.6 Å². The molecule has 2 aromatic heterocycles. The Balaban J connectivity index is 1.33. The highest BCUT2D eigenvalue weighted by molar-refractivity contribution is 7.14. The van der Waals surface area contributed by atoms with Crippen LogP contribution in [-0.2, 0) is 6.54 Å². The number of benzene rings is 1. The average Bonchev–Trinajstić information content (AvgIpc) is 3.46. The van der Waals surface area contributed by atoms with E-state index in [1.807, 2.05) is 16.8 Å². The highest BCUT2D eigenvalue weighted by Gasteiger charge is 2.15. The predicted octanol–water partition coefficient (Wildman–Crippen LogP) is 4.31. The van der Waals surface area contributed by atoms with E-state index in [4.69, 9.17) is 0 Å². The fraction of sp³-hybridized carbons (Fsp3) is 0.250. The number of carbonyl (C=O) groups is 2. The molecule has 8 heteroatoms. The maximum atomic E-state index is 12.4. The van der Waals surface area contributed by atoms with E-state index in [0.29, 0.717) is 21.3 Å². The van der Waals surface area contributed by atoms with Gasteiger partial charge < -0.3 is 5.32 Å². The summed E-state index contributed by atoms with van der Waals surface area (Å²) in [7, 11) is 0. The lowest BCUT2D eigenvalue weighted by Crippen LogP contribution is -2.18. The highest BCUT2D eigenvalue weighted by Crippen LogP contribution is 2.20. The number of thiophene rings is 1. The number of likely N-dealkylation sites (tertiary alicyclic amines) is 1. The standard InChI is InChI=1S/C20H20N4O2S2/c25-18(23-20-22-16(13-28-20)12-24-9-1-2-10-24)14-5-7-15(8-6-14)21-19(26)17-4-3-11-27-17/h3-8,11,13H,1-2,9-10,12H2,(H,21,26)(H,22,23,25). The Hall–Kier alpha value is -2.55. The third-order valence-electron chi connectivity index (χ3n) is 4.51. The first kappa shape index (κ1) is 18.8. The number of carbonyl (C=O) groups excluding carboxylic acids is 2. The topological polar surface area (TPSA) is 74.3 Å². The summed E-state index contributed by atoms with van der Waals surface area (Å²) in [5.74, 6) is -0.362. The lowest BCUT2D eigenvalue weighted by atomic mass is 10.2. The Morgan fingerprint density at radius 1 is 1.00 bits per heavy atom. The van der Waals surface area contributed by atoms with E-state index in [0.717, 1.165) is 25.3 Å². The van der Waals surface area contributed by atoms with Crippen molar-refractivity contribution < 1.29 is 9.59 Å². The number of nitrogens with one attached hydrogen (secondary N) is 2. The van der Waals surface area contributed by atoms with E-state index in [9.17, 15) is 9.59 Å². The van der Waals surface area contributed by atoms with E-state index >= 15 is 0 Å². The third-order valence-corrected chi connectivity index (χ3v) is 6.18. The van der Waals surface area contributed by atoms with Crippen LogP contribution < -0.4 is 10.6 Å². The average molecular weight is 413 g/mol. The van der Waals surface area contributed by atoms with Gasteiger partial charge >= 0.3 is 0 Å². The van der Waals surface area contributed by atoms with E-state index < -0.39 is 0 Å². The summed E-state index contributed by atoms with van der Waals surface area (Å²) in [5, 5.41) is 10.1. The number of rotatable bonds is 6. The number of hydrogen-bond acceptors (Lipinski definition) is 6. The molecule has 0 radical (unpaired) electrons. The second kappa shape index (κ2) is 8.64. The van der Waals surface area contributed by atoms with Gasteiger partial charge in [-0.15, -0.1) is 22.7 Å². The van der Waals surface area contributed by atoms with Crippen LogP contribution in [0.15, 0.2) is 47.2 Å². The Kier molecular flexibility index (Phi) is 5.80. The smallest absolute Gasteiger partial charge is 0.265 e. The van der Waals surface area contributed by atoms with Crippen molar-refractivity contribution >= 4 is 45.3 Å². The molecule has 0 unspecified atom stereocenters. The van der Waals surface area contributed by atoms with Gasteiger partial charge in [-0.2, -0.15) is 0 Å². The number of nitrogens with zero attached hydrogens (tertiary/aromatic N) is 2. The van der Waals surface area contributed by atoms with Gasteiger partial charge in [-0.1, -0.05) is 6.07 Å². The van der Waals surface area contributed by atoms with Gasteiger partial charge in [0.25, 0.3) is 11.8 Å². The zero-order chi connectivity index (χ0) is 19.3. The molecular weight excluding hydrogens is 392 g/mol. The number of hydrogen-bond donors (Lipinski definition) is 2. The normalized spacial score (nSPS) is 14.1. The minimum absolute atomic E-state index is 0.152. The first-order valence-corrected chi connectivity index (χ1v) is 10.9. The van der Waals surface area contributed by atoms with Gasteiger partial charge in [-0.25, -0.2) is 4.98 Å². The van der Waals surface area contributed by atoms with Gasteiger partial charge in [0, 0.05) is 23.2 Å². The van der Waals surface area contributed by atoms with E-state index in [1.165, 1.54) is 35.5 Å². The van der Waals surface area contributed by atoms with Gasteiger partial charge in [-0.3, -0.25) is 19.8 Å². The molecule has 0 bridgehead atoms. The Labute approximate surface area is 171 Å². The molecule has 28 heavy (non-hydrogen) atoms. The largest absolute Gasteiger partial charge is 0.321 e. The van der Waals surface area contributed by atoms with Crippen molar-refractivity contribution in [2.75, 3.05) is 23.7 Å². The lowest BCUT2D eigenvalue weighted by molar-refractivity contribution is 0.102. The zero-order valence-corrected chi connectivity index (χ0v) is 16.8. The summed E-state index contributed by atoms with van der Waals surface area (Å²) in [6, 6.07) is 10.4. The summed E-state index contributed by atoms with van der Waals surface area (Å²) in [6.45, 7) is 3.08. The fourth-order valence-corrected chi connectivity index (χ4v) is 4.40. The van der Waals surface area contributed by atoms with Crippen LogP contribution in [0.2, 0.25) is 0 Å². The van der Waals surface area contributed by atoms with Crippen LogP contribution in [0.3, 0.4) is 0 Å². The molecule has 1 aromatic carbocycles. The Bertz CT molecular complexity index is 945. The number of amides is 2. The molecular formula is C20H20N4O2S2. The van der Waals surface area contributed by atoms with Crippen molar-refractivity contribution in [3.8, 4) is 0 Å². The number of anilines is 2. The van der Waals surface area contributed by atoms with E-state index in [2.05, 4.69) is 20.5 Å². The fourth-order valence-electron chi connectivity index (χ4n) is 3.08. The molecule has 144 valence electrons. The van der Waals surface area contributed by atoms with Crippen LogP contribution in [-0.4, -0.2) is 34.8 Å². The predicted molar refractivity (Wildman–Crippen MR) is 113 cm³/mol. The summed E-state index contributed by atoms with van der Waals surface area (Å²) >= 11 is 2.83. The van der Waals surface area contributed by atoms with Crippen molar-refractivity contribution in [1.82, 2.24) is 9.88 Å². The van der Waals surface area contributed by atoms with E-state index in [1.54, 1.807) is 30.3 Å². The molecule has 1 fully saturated rings. The zero-order valence-electron chi connectivity index (χ0n) is 15.2. The van der Waals surface area contributed by atoms with Crippen molar-refractivity contribution in [2.24, 2.45) is 0 Å². The summed E-state index contributed by atoms with van der Waals surface area (Å²) in [6.07, 6.45) is 2.50. The maximum Gasteiger partial charge on any atom is 0.265 e. The first-order valence-electron chi connectivity index (χ1n) is 9.10. The monoisotopic (exact) mass is 412 g/mol. The van der Waals surface area contributed by atoms with E-state index in [-0.39, 0.29) is 11.8 Å². The molecule has 4 rings (SSSR count).